The standard InChI is InChI=1S/C8H18N4O3S/c9-1-6-16(14,15)12-4-2-11(3-5-12)7-8(10)13/h1-7,9H2,(H2,10,13). The summed E-state index contributed by atoms with van der Waals surface area (Å²) in [5, 5.41) is 0. The van der Waals surface area contributed by atoms with Gasteiger partial charge in [0.15, 0.2) is 0 Å². The zero-order chi connectivity index (χ0) is 12.2. The summed E-state index contributed by atoms with van der Waals surface area (Å²) in [5.74, 6) is -0.415. The molecule has 94 valence electrons. The number of primary amides is 1. The van der Waals surface area contributed by atoms with Crippen molar-refractivity contribution in [2.24, 2.45) is 11.5 Å². The molecule has 0 saturated carbocycles. The van der Waals surface area contributed by atoms with Gasteiger partial charge in [-0.05, 0) is 0 Å². The third-order valence-electron chi connectivity index (χ3n) is 2.48. The van der Waals surface area contributed by atoms with Crippen LogP contribution in [0.3, 0.4) is 0 Å². The number of amides is 1. The predicted molar refractivity (Wildman–Crippen MR) is 60.0 cm³/mol. The van der Waals surface area contributed by atoms with Crippen LogP contribution in [-0.2, 0) is 14.8 Å². The number of hydrogen-bond donors (Lipinski definition) is 2. The molecule has 8 heteroatoms. The summed E-state index contributed by atoms with van der Waals surface area (Å²) in [7, 11) is -3.22. The number of piperazine rings is 1. The van der Waals surface area contributed by atoms with E-state index in [-0.39, 0.29) is 18.8 Å². The Hall–Kier alpha value is -0.700. The largest absolute Gasteiger partial charge is 0.369 e. The molecule has 4 N–H and O–H groups in total. The molecule has 0 aromatic heterocycles. The predicted octanol–water partition coefficient (Wildman–Crippen LogP) is -2.62. The highest BCUT2D eigenvalue weighted by Gasteiger charge is 2.26. The van der Waals surface area contributed by atoms with Gasteiger partial charge in [0.1, 0.15) is 0 Å². The van der Waals surface area contributed by atoms with Crippen LogP contribution in [-0.4, -0.2) is 68.6 Å². The highest BCUT2D eigenvalue weighted by molar-refractivity contribution is 7.89. The zero-order valence-electron chi connectivity index (χ0n) is 9.13. The Kier molecular flexibility index (Phi) is 4.66. The van der Waals surface area contributed by atoms with Crippen molar-refractivity contribution in [2.45, 2.75) is 0 Å². The fourth-order valence-corrected chi connectivity index (χ4v) is 2.94. The summed E-state index contributed by atoms with van der Waals surface area (Å²) >= 11 is 0. The van der Waals surface area contributed by atoms with Gasteiger partial charge in [-0.25, -0.2) is 8.42 Å². The summed E-state index contributed by atoms with van der Waals surface area (Å²) in [6.07, 6.45) is 0. The molecule has 1 rings (SSSR count). The van der Waals surface area contributed by atoms with Gasteiger partial charge in [-0.15, -0.1) is 0 Å². The molecule has 0 unspecified atom stereocenters. The molecule has 0 radical (unpaired) electrons. The first-order chi connectivity index (χ1) is 7.45. The van der Waals surface area contributed by atoms with Gasteiger partial charge >= 0.3 is 0 Å². The van der Waals surface area contributed by atoms with E-state index in [9.17, 15) is 13.2 Å². The Morgan fingerprint density at radius 2 is 1.75 bits per heavy atom. The van der Waals surface area contributed by atoms with Crippen molar-refractivity contribution in [3.05, 3.63) is 0 Å². The second kappa shape index (κ2) is 5.58. The van der Waals surface area contributed by atoms with Crippen molar-refractivity contribution in [3.8, 4) is 0 Å². The summed E-state index contributed by atoms with van der Waals surface area (Å²) in [6, 6.07) is 0. The van der Waals surface area contributed by atoms with Crippen LogP contribution in [0.2, 0.25) is 0 Å². The van der Waals surface area contributed by atoms with Crippen LogP contribution < -0.4 is 11.5 Å². The van der Waals surface area contributed by atoms with Gasteiger partial charge in [0, 0.05) is 32.7 Å². The van der Waals surface area contributed by atoms with Crippen LogP contribution in [0.15, 0.2) is 0 Å². The van der Waals surface area contributed by atoms with Gasteiger partial charge in [-0.1, -0.05) is 0 Å². The molecule has 1 saturated heterocycles. The van der Waals surface area contributed by atoms with E-state index in [2.05, 4.69) is 0 Å². The lowest BCUT2D eigenvalue weighted by Crippen LogP contribution is -2.51. The minimum Gasteiger partial charge on any atom is -0.369 e. The number of carbonyl (C=O) groups excluding carboxylic acids is 1. The Bertz CT molecular complexity index is 335. The normalized spacial score (nSPS) is 19.8. The van der Waals surface area contributed by atoms with E-state index in [0.29, 0.717) is 26.2 Å². The third kappa shape index (κ3) is 3.71. The van der Waals surface area contributed by atoms with Crippen molar-refractivity contribution in [3.63, 3.8) is 0 Å². The maximum Gasteiger partial charge on any atom is 0.231 e. The fraction of sp³-hybridized carbons (Fsp3) is 0.875. The molecule has 1 aliphatic rings. The van der Waals surface area contributed by atoms with Crippen molar-refractivity contribution in [1.82, 2.24) is 9.21 Å². The topological polar surface area (TPSA) is 110 Å². The molecule has 16 heavy (non-hydrogen) atoms. The van der Waals surface area contributed by atoms with Crippen LogP contribution in [0.5, 0.6) is 0 Å². The van der Waals surface area contributed by atoms with Gasteiger partial charge in [0.2, 0.25) is 15.9 Å². The molecule has 1 amide bonds. The average Bonchev–Trinajstić information content (AvgIpc) is 2.17. The fourth-order valence-electron chi connectivity index (χ4n) is 1.66. The Morgan fingerprint density at radius 1 is 1.19 bits per heavy atom. The molecule has 0 bridgehead atoms. The molecule has 1 aliphatic heterocycles. The molecule has 0 spiro atoms. The molecule has 0 aromatic carbocycles. The van der Waals surface area contributed by atoms with Crippen LogP contribution in [0.1, 0.15) is 0 Å². The van der Waals surface area contributed by atoms with Crippen molar-refractivity contribution in [1.29, 1.82) is 0 Å². The minimum absolute atomic E-state index is 0.0250. The van der Waals surface area contributed by atoms with E-state index in [0.717, 1.165) is 0 Å². The van der Waals surface area contributed by atoms with Crippen molar-refractivity contribution in [2.75, 3.05) is 45.0 Å². The van der Waals surface area contributed by atoms with E-state index in [1.165, 1.54) is 4.31 Å². The number of rotatable bonds is 5. The number of hydrogen-bond acceptors (Lipinski definition) is 5. The van der Waals surface area contributed by atoms with Gasteiger partial charge in [0.05, 0.1) is 12.3 Å². The summed E-state index contributed by atoms with van der Waals surface area (Å²) in [5.41, 5.74) is 10.3. The minimum atomic E-state index is -3.22. The molecular weight excluding hydrogens is 232 g/mol. The van der Waals surface area contributed by atoms with Crippen LogP contribution in [0.4, 0.5) is 0 Å². The highest BCUT2D eigenvalue weighted by atomic mass is 32.2. The van der Waals surface area contributed by atoms with E-state index in [1.807, 2.05) is 4.90 Å². The van der Waals surface area contributed by atoms with Gasteiger partial charge in [-0.2, -0.15) is 4.31 Å². The molecular formula is C8H18N4O3S. The summed E-state index contributed by atoms with van der Waals surface area (Å²) < 4.78 is 24.7. The Morgan fingerprint density at radius 3 is 2.19 bits per heavy atom. The van der Waals surface area contributed by atoms with Crippen LogP contribution >= 0.6 is 0 Å². The van der Waals surface area contributed by atoms with Crippen LogP contribution in [0.25, 0.3) is 0 Å². The van der Waals surface area contributed by atoms with Gasteiger partial charge in [0.25, 0.3) is 0 Å². The lowest BCUT2D eigenvalue weighted by Gasteiger charge is -2.33. The molecule has 1 fully saturated rings. The smallest absolute Gasteiger partial charge is 0.231 e. The maximum absolute atomic E-state index is 11.7. The van der Waals surface area contributed by atoms with E-state index in [4.69, 9.17) is 11.5 Å². The maximum atomic E-state index is 11.7. The number of nitrogens with zero attached hydrogens (tertiary/aromatic N) is 2. The quantitative estimate of drug-likeness (QED) is 0.555. The second-order valence-corrected chi connectivity index (χ2v) is 5.83. The van der Waals surface area contributed by atoms with E-state index in [1.54, 1.807) is 0 Å². The molecule has 7 nitrogen and oxygen atoms in total. The van der Waals surface area contributed by atoms with Gasteiger partial charge in [-0.3, -0.25) is 9.69 Å². The summed E-state index contributed by atoms with van der Waals surface area (Å²) in [6.45, 7) is 2.18. The third-order valence-corrected chi connectivity index (χ3v) is 4.38. The number of nitrogens with two attached hydrogens (primary N) is 2. The lowest BCUT2D eigenvalue weighted by molar-refractivity contribution is -0.119. The molecule has 0 atom stereocenters. The summed E-state index contributed by atoms with van der Waals surface area (Å²) in [4.78, 5) is 12.5. The van der Waals surface area contributed by atoms with Crippen molar-refractivity contribution >= 4 is 15.9 Å². The SMILES string of the molecule is NCCS(=O)(=O)N1CCN(CC(N)=O)CC1. The number of carbonyl (C=O) groups is 1. The lowest BCUT2D eigenvalue weighted by atomic mass is 10.3. The molecule has 1 heterocycles. The second-order valence-electron chi connectivity index (χ2n) is 3.75. The van der Waals surface area contributed by atoms with E-state index >= 15 is 0 Å². The Balaban J connectivity index is 2.46. The highest BCUT2D eigenvalue weighted by Crippen LogP contribution is 2.07. The first kappa shape index (κ1) is 13.4. The molecule has 0 aromatic rings. The Labute approximate surface area is 95.4 Å². The molecule has 0 aliphatic carbocycles. The van der Waals surface area contributed by atoms with Gasteiger partial charge < -0.3 is 11.5 Å². The van der Waals surface area contributed by atoms with Crippen molar-refractivity contribution < 1.29 is 13.2 Å². The monoisotopic (exact) mass is 250 g/mol. The van der Waals surface area contributed by atoms with Crippen LogP contribution in [0, 0.1) is 0 Å². The first-order valence-corrected chi connectivity index (χ1v) is 6.75. The number of sulfonamides is 1. The average molecular weight is 250 g/mol. The zero-order valence-corrected chi connectivity index (χ0v) is 9.95. The first-order valence-electron chi connectivity index (χ1n) is 5.14. The van der Waals surface area contributed by atoms with E-state index < -0.39 is 15.9 Å².